The molecule has 0 saturated carbocycles. The minimum absolute atomic E-state index is 0.163. The molecule has 1 atom stereocenters. The van der Waals surface area contributed by atoms with Gasteiger partial charge in [-0.15, -0.1) is 0 Å². The van der Waals surface area contributed by atoms with Crippen molar-refractivity contribution in [2.75, 3.05) is 0 Å². The second-order valence-corrected chi connectivity index (χ2v) is 10.4. The topological polar surface area (TPSA) is 99.1 Å². The summed E-state index contributed by atoms with van der Waals surface area (Å²) >= 11 is 0. The minimum atomic E-state index is -0.507. The van der Waals surface area contributed by atoms with E-state index in [-0.39, 0.29) is 11.5 Å². The zero-order valence-electron chi connectivity index (χ0n) is 24.2. The fourth-order valence-corrected chi connectivity index (χ4v) is 5.52. The average Bonchev–Trinajstić information content (AvgIpc) is 3.44. The highest BCUT2D eigenvalue weighted by molar-refractivity contribution is 6.01. The average molecular weight is 558 g/mol. The second-order valence-electron chi connectivity index (χ2n) is 10.4. The van der Waals surface area contributed by atoms with Gasteiger partial charge >= 0.3 is 0 Å². The van der Waals surface area contributed by atoms with E-state index in [4.69, 9.17) is 0 Å². The van der Waals surface area contributed by atoms with Crippen LogP contribution in [0.5, 0.6) is 0 Å². The molecule has 1 amide bonds. The zero-order valence-corrected chi connectivity index (χ0v) is 24.2. The SMILES string of the molecule is Cc1nn(C)c(C)c1/C=C/c1cccc2cc(C(C)NC(=O)c3c(C)nn4cccnc34)n(-c3ccccc3)c(=O)c12. The molecule has 9 heteroatoms. The van der Waals surface area contributed by atoms with Crippen LogP contribution in [0, 0.1) is 20.8 Å². The van der Waals surface area contributed by atoms with Gasteiger partial charge in [0.15, 0.2) is 5.65 Å². The molecule has 0 aliphatic rings. The molecular weight excluding hydrogens is 526 g/mol. The van der Waals surface area contributed by atoms with Gasteiger partial charge in [-0.2, -0.15) is 10.2 Å². The summed E-state index contributed by atoms with van der Waals surface area (Å²) in [6.45, 7) is 7.67. The summed E-state index contributed by atoms with van der Waals surface area (Å²) in [5.41, 5.74) is 6.49. The molecule has 6 rings (SSSR count). The van der Waals surface area contributed by atoms with Gasteiger partial charge in [-0.3, -0.25) is 18.8 Å². The highest BCUT2D eigenvalue weighted by Gasteiger charge is 2.23. The van der Waals surface area contributed by atoms with Crippen molar-refractivity contribution < 1.29 is 4.79 Å². The van der Waals surface area contributed by atoms with Gasteiger partial charge in [-0.1, -0.05) is 48.6 Å². The third kappa shape index (κ3) is 4.58. The van der Waals surface area contributed by atoms with Crippen molar-refractivity contribution in [1.82, 2.24) is 34.3 Å². The highest BCUT2D eigenvalue weighted by Crippen LogP contribution is 2.26. The molecule has 42 heavy (non-hydrogen) atoms. The summed E-state index contributed by atoms with van der Waals surface area (Å²) < 4.78 is 5.13. The first kappa shape index (κ1) is 26.9. The molecule has 4 aromatic heterocycles. The number of rotatable bonds is 6. The molecule has 0 bridgehead atoms. The van der Waals surface area contributed by atoms with Crippen LogP contribution in [0.4, 0.5) is 0 Å². The van der Waals surface area contributed by atoms with Crippen LogP contribution in [-0.2, 0) is 7.05 Å². The van der Waals surface area contributed by atoms with Crippen LogP contribution >= 0.6 is 0 Å². The van der Waals surface area contributed by atoms with Crippen LogP contribution in [0.15, 0.2) is 77.9 Å². The van der Waals surface area contributed by atoms with Gasteiger partial charge in [0.25, 0.3) is 11.5 Å². The summed E-state index contributed by atoms with van der Waals surface area (Å²) in [7, 11) is 1.92. The third-order valence-electron chi connectivity index (χ3n) is 7.71. The number of carbonyl (C=O) groups is 1. The van der Waals surface area contributed by atoms with E-state index >= 15 is 0 Å². The van der Waals surface area contributed by atoms with E-state index in [1.807, 2.05) is 99.3 Å². The second kappa shape index (κ2) is 10.6. The van der Waals surface area contributed by atoms with Crippen molar-refractivity contribution in [2.24, 2.45) is 7.05 Å². The number of benzene rings is 2. The number of aromatic nitrogens is 6. The number of hydrogen-bond donors (Lipinski definition) is 1. The molecule has 4 heterocycles. The summed E-state index contributed by atoms with van der Waals surface area (Å²) in [4.78, 5) is 32.2. The Morgan fingerprint density at radius 2 is 1.74 bits per heavy atom. The lowest BCUT2D eigenvalue weighted by molar-refractivity contribution is 0.0939. The van der Waals surface area contributed by atoms with Gasteiger partial charge in [0.05, 0.1) is 22.8 Å². The summed E-state index contributed by atoms with van der Waals surface area (Å²) in [5.74, 6) is -0.306. The minimum Gasteiger partial charge on any atom is -0.344 e. The normalized spacial score (nSPS) is 12.4. The molecule has 0 fully saturated rings. The van der Waals surface area contributed by atoms with Crippen LogP contribution in [0.2, 0.25) is 0 Å². The lowest BCUT2D eigenvalue weighted by Gasteiger charge is -2.21. The Kier molecular flexibility index (Phi) is 6.78. The van der Waals surface area contributed by atoms with E-state index in [2.05, 4.69) is 20.5 Å². The molecule has 0 aliphatic heterocycles. The van der Waals surface area contributed by atoms with E-state index in [1.54, 1.807) is 34.5 Å². The number of para-hydroxylation sites is 1. The number of hydrogen-bond acceptors (Lipinski definition) is 5. The number of nitrogens with zero attached hydrogens (tertiary/aromatic N) is 6. The van der Waals surface area contributed by atoms with Crippen LogP contribution in [0.3, 0.4) is 0 Å². The van der Waals surface area contributed by atoms with E-state index in [9.17, 15) is 9.59 Å². The summed E-state index contributed by atoms with van der Waals surface area (Å²) in [5, 5.41) is 13.4. The van der Waals surface area contributed by atoms with E-state index in [0.29, 0.717) is 33.7 Å². The smallest absolute Gasteiger partial charge is 0.263 e. The van der Waals surface area contributed by atoms with Crippen molar-refractivity contribution in [3.8, 4) is 5.69 Å². The Morgan fingerprint density at radius 1 is 0.952 bits per heavy atom. The third-order valence-corrected chi connectivity index (χ3v) is 7.71. The van der Waals surface area contributed by atoms with Crippen LogP contribution < -0.4 is 10.9 Å². The van der Waals surface area contributed by atoms with Gasteiger partial charge in [-0.05, 0) is 62.9 Å². The van der Waals surface area contributed by atoms with Gasteiger partial charge in [0.1, 0.15) is 5.56 Å². The number of fused-ring (bicyclic) bond motifs is 2. The first-order valence-corrected chi connectivity index (χ1v) is 13.8. The molecule has 0 spiro atoms. The molecule has 0 aliphatic carbocycles. The van der Waals surface area contributed by atoms with E-state index < -0.39 is 6.04 Å². The van der Waals surface area contributed by atoms with Crippen molar-refractivity contribution in [3.63, 3.8) is 0 Å². The monoisotopic (exact) mass is 557 g/mol. The highest BCUT2D eigenvalue weighted by atomic mass is 16.2. The molecule has 6 aromatic rings. The van der Waals surface area contributed by atoms with Crippen molar-refractivity contribution >= 4 is 34.5 Å². The van der Waals surface area contributed by atoms with E-state index in [0.717, 1.165) is 27.9 Å². The Labute approximate surface area is 242 Å². The number of aryl methyl sites for hydroxylation is 3. The van der Waals surface area contributed by atoms with Crippen molar-refractivity contribution in [2.45, 2.75) is 33.7 Å². The predicted octanol–water partition coefficient (Wildman–Crippen LogP) is 5.35. The quantitative estimate of drug-likeness (QED) is 0.298. The molecule has 1 N–H and O–H groups in total. The number of pyridine rings is 1. The van der Waals surface area contributed by atoms with Crippen LogP contribution in [0.1, 0.15) is 57.2 Å². The molecule has 210 valence electrons. The Morgan fingerprint density at radius 3 is 2.48 bits per heavy atom. The maximum absolute atomic E-state index is 14.3. The van der Waals surface area contributed by atoms with Gasteiger partial charge < -0.3 is 5.32 Å². The predicted molar refractivity (Wildman–Crippen MR) is 165 cm³/mol. The maximum Gasteiger partial charge on any atom is 0.263 e. The lowest BCUT2D eigenvalue weighted by Crippen LogP contribution is -2.32. The molecule has 2 aromatic carbocycles. The number of carbonyl (C=O) groups excluding carboxylic acids is 1. The van der Waals surface area contributed by atoms with Crippen LogP contribution in [-0.4, -0.2) is 34.9 Å². The van der Waals surface area contributed by atoms with Gasteiger partial charge in [0, 0.05) is 42.1 Å². The zero-order chi connectivity index (χ0) is 29.5. The molecule has 0 saturated heterocycles. The largest absolute Gasteiger partial charge is 0.344 e. The van der Waals surface area contributed by atoms with Crippen LogP contribution in [0.25, 0.3) is 34.3 Å². The van der Waals surface area contributed by atoms with Crippen molar-refractivity contribution in [3.05, 3.63) is 123 Å². The molecule has 9 nitrogen and oxygen atoms in total. The first-order chi connectivity index (χ1) is 20.2. The van der Waals surface area contributed by atoms with E-state index in [1.165, 1.54) is 0 Å². The van der Waals surface area contributed by atoms with Crippen molar-refractivity contribution in [1.29, 1.82) is 0 Å². The fourth-order valence-electron chi connectivity index (χ4n) is 5.52. The molecule has 0 radical (unpaired) electrons. The van der Waals surface area contributed by atoms with Gasteiger partial charge in [0.2, 0.25) is 0 Å². The summed E-state index contributed by atoms with van der Waals surface area (Å²) in [6.07, 6.45) is 7.38. The molecular formula is C33H31N7O2. The standard InChI is InChI=1S/C33H31N7O2/c1-20-27(23(4)38(5)36-20)16-15-24-11-9-12-25-19-28(40(33(42)30(24)25)26-13-7-6-8-14-26)21(2)35-32(41)29-22(3)37-39-18-10-17-34-31(29)39/h6-19,21H,1-5H3,(H,35,41)/b16-15+. The lowest BCUT2D eigenvalue weighted by atomic mass is 10.0. The Balaban J connectivity index is 1.47. The summed E-state index contributed by atoms with van der Waals surface area (Å²) in [6, 6.07) is 18.5. The first-order valence-electron chi connectivity index (χ1n) is 13.8. The van der Waals surface area contributed by atoms with Gasteiger partial charge in [-0.25, -0.2) is 9.50 Å². The number of amides is 1. The Hall–Kier alpha value is -5.31. The molecule has 1 unspecified atom stereocenters. The Bertz CT molecular complexity index is 2070. The number of nitrogens with one attached hydrogen (secondary N) is 1. The fraction of sp³-hybridized carbons (Fsp3) is 0.182. The maximum atomic E-state index is 14.3.